The van der Waals surface area contributed by atoms with Gasteiger partial charge >= 0.3 is 12.1 Å². The van der Waals surface area contributed by atoms with Crippen LogP contribution in [0.5, 0.6) is 0 Å². The molecule has 0 aliphatic rings. The molecule has 164 valence electrons. The molecule has 0 aliphatic heterocycles. The Bertz CT molecular complexity index is 1040. The van der Waals surface area contributed by atoms with Crippen LogP contribution in [0, 0.1) is 6.92 Å². The molecular weight excluding hydrogens is 460 g/mol. The smallest absolute Gasteiger partial charge is 0.373 e. The molecular formula is C22H22ClFNO4PS. The fraction of sp³-hybridized carbons (Fsp3) is 0.182. The van der Waals surface area contributed by atoms with Gasteiger partial charge in [0.15, 0.2) is 0 Å². The molecule has 0 heterocycles. The molecule has 3 aromatic rings. The lowest BCUT2D eigenvalue weighted by Crippen LogP contribution is -2.14. The highest BCUT2D eigenvalue weighted by Gasteiger charge is 2.17. The van der Waals surface area contributed by atoms with E-state index in [0.29, 0.717) is 10.8 Å². The summed E-state index contributed by atoms with van der Waals surface area (Å²) in [5, 5.41) is 12.4. The van der Waals surface area contributed by atoms with E-state index in [4.69, 9.17) is 26.3 Å². The van der Waals surface area contributed by atoms with E-state index in [2.05, 4.69) is 9.24 Å². The number of carboxylic acid groups (broad SMARTS) is 1. The zero-order valence-corrected chi connectivity index (χ0v) is 19.9. The number of rotatable bonds is 4. The van der Waals surface area contributed by atoms with Crippen molar-refractivity contribution in [3.8, 4) is 0 Å². The second kappa shape index (κ2) is 13.1. The van der Waals surface area contributed by atoms with Gasteiger partial charge in [-0.1, -0.05) is 53.6 Å². The molecule has 0 saturated carbocycles. The van der Waals surface area contributed by atoms with E-state index in [9.17, 15) is 9.28 Å². The van der Waals surface area contributed by atoms with Gasteiger partial charge in [-0.3, -0.25) is 4.79 Å². The largest absolute Gasteiger partial charge is 0.480 e. The fourth-order valence-corrected chi connectivity index (χ4v) is 4.04. The first-order chi connectivity index (χ1) is 14.6. The number of halogens is 2. The summed E-state index contributed by atoms with van der Waals surface area (Å²) >= 11 is 6.82. The lowest BCUT2D eigenvalue weighted by Gasteiger charge is -2.17. The number of anilines is 1. The van der Waals surface area contributed by atoms with E-state index in [1.54, 1.807) is 13.0 Å². The molecule has 0 aromatic heterocycles. The number of aryl methyl sites for hydroxylation is 1. The van der Waals surface area contributed by atoms with Gasteiger partial charge in [-0.05, 0) is 42.7 Å². The second-order valence-electron chi connectivity index (χ2n) is 6.31. The van der Waals surface area contributed by atoms with Crippen LogP contribution in [0.2, 0.25) is 5.02 Å². The third-order valence-electron chi connectivity index (χ3n) is 4.02. The van der Waals surface area contributed by atoms with Crippen LogP contribution in [0.1, 0.15) is 12.5 Å². The predicted octanol–water partition coefficient (Wildman–Crippen LogP) is 5.29. The van der Waals surface area contributed by atoms with Crippen molar-refractivity contribution in [3.63, 3.8) is 0 Å². The van der Waals surface area contributed by atoms with Crippen LogP contribution in [-0.2, 0) is 14.4 Å². The summed E-state index contributed by atoms with van der Waals surface area (Å²) in [6, 6.07) is 16.9. The number of thioether (sulfide) groups is 1. The Hall–Kier alpha value is -2.43. The molecule has 2 atom stereocenters. The lowest BCUT2D eigenvalue weighted by atomic mass is 10.1. The number of carboxylic acids is 1. The van der Waals surface area contributed by atoms with E-state index in [-0.39, 0.29) is 6.15 Å². The van der Waals surface area contributed by atoms with Crippen LogP contribution in [0.25, 0.3) is 10.8 Å². The number of carbonyl (C=O) groups excluding carboxylic acids is 2. The lowest BCUT2D eigenvalue weighted by molar-refractivity contribution is -0.191. The number of fused-ring (bicyclic) bond motifs is 1. The Balaban J connectivity index is 0.000000361. The Kier molecular flexibility index (Phi) is 11.2. The standard InChI is InChI=1S/C14H15FNO2PS.C7H7Cl.CO2/c1-8(14(17)18)20-12-7-11(16(2)15)9-5-3-4-6-10(9)13(12)19;1-6-2-4-7(8)5-3-6;2-1-3/h3-8H,19H2,1-2H3,(H,17,18);2-5H,1H3;. The van der Waals surface area contributed by atoms with Crippen molar-refractivity contribution in [2.24, 2.45) is 0 Å². The van der Waals surface area contributed by atoms with E-state index in [1.807, 2.05) is 55.5 Å². The van der Waals surface area contributed by atoms with E-state index >= 15 is 0 Å². The molecule has 2 unspecified atom stereocenters. The maximum atomic E-state index is 13.7. The molecule has 5 nitrogen and oxygen atoms in total. The van der Waals surface area contributed by atoms with Crippen molar-refractivity contribution >= 4 is 66.5 Å². The van der Waals surface area contributed by atoms with Gasteiger partial charge in [-0.25, -0.2) is 5.12 Å². The molecule has 0 fully saturated rings. The maximum absolute atomic E-state index is 13.7. The Labute approximate surface area is 191 Å². The summed E-state index contributed by atoms with van der Waals surface area (Å²) in [4.78, 5) is 28.0. The first kappa shape index (κ1) is 26.6. The molecule has 0 aliphatic carbocycles. The van der Waals surface area contributed by atoms with Crippen LogP contribution in [0.3, 0.4) is 0 Å². The first-order valence-corrected chi connectivity index (χ1v) is 10.8. The highest BCUT2D eigenvalue weighted by molar-refractivity contribution is 8.01. The zero-order valence-electron chi connectivity index (χ0n) is 17.1. The number of benzene rings is 3. The highest BCUT2D eigenvalue weighted by Crippen LogP contribution is 2.34. The monoisotopic (exact) mass is 481 g/mol. The number of nitrogens with zero attached hydrogens (tertiary/aromatic N) is 1. The van der Waals surface area contributed by atoms with Crippen molar-refractivity contribution < 1.29 is 24.0 Å². The van der Waals surface area contributed by atoms with E-state index in [0.717, 1.165) is 26.0 Å². The number of hydrogen-bond donors (Lipinski definition) is 1. The quantitative estimate of drug-likeness (QED) is 0.310. The van der Waals surface area contributed by atoms with Crippen LogP contribution < -0.4 is 10.4 Å². The van der Waals surface area contributed by atoms with Crippen molar-refractivity contribution in [3.05, 3.63) is 65.2 Å². The Morgan fingerprint density at radius 1 is 1.16 bits per heavy atom. The van der Waals surface area contributed by atoms with Crippen LogP contribution in [0.15, 0.2) is 59.5 Å². The third-order valence-corrected chi connectivity index (χ3v) is 6.25. The Morgan fingerprint density at radius 3 is 2.13 bits per heavy atom. The van der Waals surface area contributed by atoms with Gasteiger partial charge in [-0.2, -0.15) is 9.59 Å². The molecule has 0 radical (unpaired) electrons. The molecule has 31 heavy (non-hydrogen) atoms. The average Bonchev–Trinajstić information content (AvgIpc) is 2.73. The fourth-order valence-electron chi connectivity index (χ4n) is 2.48. The second-order valence-corrected chi connectivity index (χ2v) is 8.70. The molecule has 0 amide bonds. The van der Waals surface area contributed by atoms with Crippen LogP contribution in [0.4, 0.5) is 10.2 Å². The van der Waals surface area contributed by atoms with E-state index < -0.39 is 11.2 Å². The number of carbonyl (C=O) groups is 1. The molecule has 1 N–H and O–H groups in total. The predicted molar refractivity (Wildman–Crippen MR) is 127 cm³/mol. The minimum absolute atomic E-state index is 0.250. The molecule has 3 aromatic carbocycles. The molecule has 0 bridgehead atoms. The summed E-state index contributed by atoms with van der Waals surface area (Å²) in [5.41, 5.74) is 1.68. The van der Waals surface area contributed by atoms with Gasteiger partial charge in [0.25, 0.3) is 0 Å². The van der Waals surface area contributed by atoms with Crippen LogP contribution >= 0.6 is 32.6 Å². The minimum atomic E-state index is -0.886. The van der Waals surface area contributed by atoms with Crippen molar-refractivity contribution in [2.45, 2.75) is 24.0 Å². The summed E-state index contributed by atoms with van der Waals surface area (Å²) in [6.07, 6.45) is 0.250. The van der Waals surface area contributed by atoms with Gasteiger partial charge in [0, 0.05) is 22.4 Å². The summed E-state index contributed by atoms with van der Waals surface area (Å²) in [7, 11) is 3.96. The normalized spacial score (nSPS) is 10.6. The minimum Gasteiger partial charge on any atom is -0.480 e. The first-order valence-electron chi connectivity index (χ1n) is 8.94. The number of hydrogen-bond acceptors (Lipinski definition) is 5. The van der Waals surface area contributed by atoms with Crippen molar-refractivity contribution in [1.82, 2.24) is 0 Å². The van der Waals surface area contributed by atoms with Gasteiger partial charge in [0.2, 0.25) is 0 Å². The molecule has 0 saturated heterocycles. The number of aliphatic carboxylic acids is 1. The van der Waals surface area contributed by atoms with Crippen LogP contribution in [-0.4, -0.2) is 29.5 Å². The molecule has 9 heteroatoms. The van der Waals surface area contributed by atoms with Gasteiger partial charge in [0.1, 0.15) is 5.25 Å². The molecule has 3 rings (SSSR count). The summed E-state index contributed by atoms with van der Waals surface area (Å²) in [5.74, 6) is -0.886. The third kappa shape index (κ3) is 8.31. The Morgan fingerprint density at radius 2 is 1.68 bits per heavy atom. The van der Waals surface area contributed by atoms with Crippen molar-refractivity contribution in [2.75, 3.05) is 12.2 Å². The zero-order chi connectivity index (χ0) is 23.6. The maximum Gasteiger partial charge on any atom is 0.373 e. The van der Waals surface area contributed by atoms with Gasteiger partial charge < -0.3 is 5.11 Å². The molecule has 0 spiro atoms. The average molecular weight is 482 g/mol. The summed E-state index contributed by atoms with van der Waals surface area (Å²) < 4.78 is 13.7. The summed E-state index contributed by atoms with van der Waals surface area (Å²) in [6.45, 7) is 3.65. The highest BCUT2D eigenvalue weighted by atomic mass is 35.5. The topological polar surface area (TPSA) is 74.7 Å². The van der Waals surface area contributed by atoms with E-state index in [1.165, 1.54) is 24.4 Å². The van der Waals surface area contributed by atoms with Gasteiger partial charge in [0.05, 0.1) is 5.69 Å². The SMILES string of the molecule is CC(Sc1cc(N(C)F)c2ccccc2c1P)C(=O)O.Cc1ccc(Cl)cc1.O=C=O. The van der Waals surface area contributed by atoms with Crippen molar-refractivity contribution in [1.29, 1.82) is 0 Å². The van der Waals surface area contributed by atoms with Gasteiger partial charge in [-0.15, -0.1) is 25.5 Å².